The Hall–Kier alpha value is -1.68. The van der Waals surface area contributed by atoms with Gasteiger partial charge in [-0.05, 0) is 18.6 Å². The van der Waals surface area contributed by atoms with Crippen molar-refractivity contribution in [2.45, 2.75) is 25.7 Å². The summed E-state index contributed by atoms with van der Waals surface area (Å²) in [6.07, 6.45) is 2.68. The van der Waals surface area contributed by atoms with Gasteiger partial charge in [-0.25, -0.2) is 0 Å². The van der Waals surface area contributed by atoms with Crippen molar-refractivity contribution < 1.29 is 0 Å². The van der Waals surface area contributed by atoms with E-state index in [1.165, 1.54) is 0 Å². The van der Waals surface area contributed by atoms with Crippen LogP contribution in [0.15, 0.2) is 36.7 Å². The molecule has 2 N–H and O–H groups in total. The van der Waals surface area contributed by atoms with Crippen molar-refractivity contribution in [1.29, 1.82) is 0 Å². The second-order valence-electron chi connectivity index (χ2n) is 4.48. The first-order valence-electron chi connectivity index (χ1n) is 5.87. The standard InChI is InChI=1S/C13H18N4/c1-3-13(2,9-14)12-16-15-10-17(12)11-7-5-4-6-8-11/h4-8,10H,3,9,14H2,1-2H3. The number of hydrogen-bond acceptors (Lipinski definition) is 3. The lowest BCUT2D eigenvalue weighted by atomic mass is 9.86. The van der Waals surface area contributed by atoms with Gasteiger partial charge >= 0.3 is 0 Å². The predicted molar refractivity (Wildman–Crippen MR) is 68.1 cm³/mol. The van der Waals surface area contributed by atoms with E-state index < -0.39 is 0 Å². The van der Waals surface area contributed by atoms with Gasteiger partial charge in [0.25, 0.3) is 0 Å². The molecule has 1 aromatic heterocycles. The van der Waals surface area contributed by atoms with Crippen LogP contribution in [-0.4, -0.2) is 21.3 Å². The predicted octanol–water partition coefficient (Wildman–Crippen LogP) is 1.89. The minimum Gasteiger partial charge on any atom is -0.329 e. The third-order valence-corrected chi connectivity index (χ3v) is 3.35. The maximum Gasteiger partial charge on any atom is 0.144 e. The molecule has 1 unspecified atom stereocenters. The summed E-state index contributed by atoms with van der Waals surface area (Å²) in [6.45, 7) is 4.81. The van der Waals surface area contributed by atoms with Crippen LogP contribution in [0.25, 0.3) is 5.69 Å². The van der Waals surface area contributed by atoms with Crippen molar-refractivity contribution in [3.05, 3.63) is 42.5 Å². The number of aromatic nitrogens is 3. The normalized spacial score (nSPS) is 14.5. The summed E-state index contributed by atoms with van der Waals surface area (Å²) in [5.41, 5.74) is 6.81. The Balaban J connectivity index is 2.49. The highest BCUT2D eigenvalue weighted by molar-refractivity contribution is 5.33. The van der Waals surface area contributed by atoms with Crippen LogP contribution in [0.3, 0.4) is 0 Å². The molecule has 0 spiro atoms. The summed E-state index contributed by atoms with van der Waals surface area (Å²) >= 11 is 0. The number of para-hydroxylation sites is 1. The Morgan fingerprint density at radius 1 is 1.29 bits per heavy atom. The van der Waals surface area contributed by atoms with Gasteiger partial charge in [-0.1, -0.05) is 32.0 Å². The molecule has 1 heterocycles. The highest BCUT2D eigenvalue weighted by Gasteiger charge is 2.28. The highest BCUT2D eigenvalue weighted by Crippen LogP contribution is 2.26. The van der Waals surface area contributed by atoms with E-state index >= 15 is 0 Å². The van der Waals surface area contributed by atoms with Crippen LogP contribution in [0.1, 0.15) is 26.1 Å². The van der Waals surface area contributed by atoms with E-state index in [-0.39, 0.29) is 5.41 Å². The van der Waals surface area contributed by atoms with Gasteiger partial charge in [-0.3, -0.25) is 4.57 Å². The summed E-state index contributed by atoms with van der Waals surface area (Å²) < 4.78 is 2.01. The Kier molecular flexibility index (Phi) is 3.24. The molecule has 0 fully saturated rings. The number of nitrogens with two attached hydrogens (primary N) is 1. The minimum absolute atomic E-state index is 0.133. The molecular formula is C13H18N4. The van der Waals surface area contributed by atoms with Crippen LogP contribution in [-0.2, 0) is 5.41 Å². The second kappa shape index (κ2) is 4.67. The number of hydrogen-bond donors (Lipinski definition) is 1. The van der Waals surface area contributed by atoms with E-state index in [1.807, 2.05) is 34.9 Å². The van der Waals surface area contributed by atoms with Crippen molar-refractivity contribution in [2.75, 3.05) is 6.54 Å². The SMILES string of the molecule is CCC(C)(CN)c1nncn1-c1ccccc1. The Morgan fingerprint density at radius 3 is 2.59 bits per heavy atom. The molecule has 0 bridgehead atoms. The molecule has 4 heteroatoms. The van der Waals surface area contributed by atoms with Gasteiger partial charge in [0, 0.05) is 17.6 Å². The van der Waals surface area contributed by atoms with E-state index in [2.05, 4.69) is 24.0 Å². The van der Waals surface area contributed by atoms with Gasteiger partial charge < -0.3 is 5.73 Å². The van der Waals surface area contributed by atoms with Crippen LogP contribution >= 0.6 is 0 Å². The van der Waals surface area contributed by atoms with Crippen LogP contribution in [0.4, 0.5) is 0 Å². The van der Waals surface area contributed by atoms with E-state index in [0.717, 1.165) is 17.9 Å². The maximum atomic E-state index is 5.87. The summed E-state index contributed by atoms with van der Waals surface area (Å²) in [4.78, 5) is 0. The molecule has 0 saturated heterocycles. The summed E-state index contributed by atoms with van der Waals surface area (Å²) in [5.74, 6) is 0.925. The molecule has 0 aliphatic heterocycles. The molecule has 0 amide bonds. The van der Waals surface area contributed by atoms with E-state index in [0.29, 0.717) is 6.54 Å². The molecule has 1 atom stereocenters. The fraction of sp³-hybridized carbons (Fsp3) is 0.385. The lowest BCUT2D eigenvalue weighted by Crippen LogP contribution is -2.34. The fourth-order valence-corrected chi connectivity index (χ4v) is 1.82. The van der Waals surface area contributed by atoms with E-state index in [9.17, 15) is 0 Å². The van der Waals surface area contributed by atoms with Gasteiger partial charge in [0.1, 0.15) is 12.2 Å². The van der Waals surface area contributed by atoms with Crippen LogP contribution < -0.4 is 5.73 Å². The van der Waals surface area contributed by atoms with Gasteiger partial charge in [0.15, 0.2) is 0 Å². The summed E-state index contributed by atoms with van der Waals surface area (Å²) in [5, 5.41) is 8.26. The molecule has 0 saturated carbocycles. The second-order valence-corrected chi connectivity index (χ2v) is 4.48. The fourth-order valence-electron chi connectivity index (χ4n) is 1.82. The van der Waals surface area contributed by atoms with Gasteiger partial charge in [0.05, 0.1) is 0 Å². The average Bonchev–Trinajstić information content (AvgIpc) is 2.88. The Bertz CT molecular complexity index is 471. The van der Waals surface area contributed by atoms with Crippen molar-refractivity contribution >= 4 is 0 Å². The van der Waals surface area contributed by atoms with Crippen LogP contribution in [0.5, 0.6) is 0 Å². The smallest absolute Gasteiger partial charge is 0.144 e. The number of nitrogens with zero attached hydrogens (tertiary/aromatic N) is 3. The van der Waals surface area contributed by atoms with Crippen molar-refractivity contribution in [2.24, 2.45) is 5.73 Å². The first-order valence-corrected chi connectivity index (χ1v) is 5.87. The maximum absolute atomic E-state index is 5.87. The van der Waals surface area contributed by atoms with Gasteiger partial charge in [0.2, 0.25) is 0 Å². The Labute approximate surface area is 101 Å². The topological polar surface area (TPSA) is 56.7 Å². The average molecular weight is 230 g/mol. The molecule has 0 radical (unpaired) electrons. The van der Waals surface area contributed by atoms with Gasteiger partial charge in [-0.2, -0.15) is 0 Å². The zero-order valence-corrected chi connectivity index (χ0v) is 10.3. The molecule has 2 aromatic rings. The zero-order valence-electron chi connectivity index (χ0n) is 10.3. The quantitative estimate of drug-likeness (QED) is 0.872. The van der Waals surface area contributed by atoms with Crippen molar-refractivity contribution in [1.82, 2.24) is 14.8 Å². The highest BCUT2D eigenvalue weighted by atomic mass is 15.3. The van der Waals surface area contributed by atoms with E-state index in [4.69, 9.17) is 5.73 Å². The molecule has 0 aliphatic rings. The lowest BCUT2D eigenvalue weighted by Gasteiger charge is -2.25. The first kappa shape index (κ1) is 11.8. The minimum atomic E-state index is -0.133. The van der Waals surface area contributed by atoms with Crippen LogP contribution in [0.2, 0.25) is 0 Å². The molecule has 2 rings (SSSR count). The monoisotopic (exact) mass is 230 g/mol. The number of rotatable bonds is 4. The molecule has 90 valence electrons. The molecule has 1 aromatic carbocycles. The van der Waals surface area contributed by atoms with Gasteiger partial charge in [-0.15, -0.1) is 10.2 Å². The third-order valence-electron chi connectivity index (χ3n) is 3.35. The van der Waals surface area contributed by atoms with E-state index in [1.54, 1.807) is 6.33 Å². The molecule has 17 heavy (non-hydrogen) atoms. The lowest BCUT2D eigenvalue weighted by molar-refractivity contribution is 0.430. The summed E-state index contributed by atoms with van der Waals surface area (Å²) in [6, 6.07) is 10.1. The number of benzene rings is 1. The molecule has 4 nitrogen and oxygen atoms in total. The first-order chi connectivity index (χ1) is 8.21. The summed E-state index contributed by atoms with van der Waals surface area (Å²) in [7, 11) is 0. The van der Waals surface area contributed by atoms with Crippen LogP contribution in [0, 0.1) is 0 Å². The molecule has 0 aliphatic carbocycles. The zero-order chi connectivity index (χ0) is 12.3. The Morgan fingerprint density at radius 2 is 2.00 bits per heavy atom. The van der Waals surface area contributed by atoms with Crippen molar-refractivity contribution in [3.63, 3.8) is 0 Å². The third kappa shape index (κ3) is 2.08. The molecular weight excluding hydrogens is 212 g/mol. The largest absolute Gasteiger partial charge is 0.329 e. The van der Waals surface area contributed by atoms with Crippen molar-refractivity contribution in [3.8, 4) is 5.69 Å².